The summed E-state index contributed by atoms with van der Waals surface area (Å²) in [5, 5.41) is 3.45. The number of rotatable bonds is 6. The Hall–Kier alpha value is -2.67. The average molecular weight is 377 g/mol. The zero-order chi connectivity index (χ0) is 19.3. The van der Waals surface area contributed by atoms with Crippen molar-refractivity contribution in [2.75, 3.05) is 25.5 Å². The number of carbonyl (C=O) groups excluding carboxylic acids is 2. The van der Waals surface area contributed by atoms with E-state index in [4.69, 9.17) is 16.3 Å². The lowest BCUT2D eigenvalue weighted by atomic mass is 10.2. The van der Waals surface area contributed by atoms with Crippen molar-refractivity contribution < 1.29 is 14.3 Å². The second-order valence-electron chi connectivity index (χ2n) is 5.47. The molecule has 0 bridgehead atoms. The van der Waals surface area contributed by atoms with E-state index in [1.165, 1.54) is 7.11 Å². The Balaban J connectivity index is 2.36. The van der Waals surface area contributed by atoms with Gasteiger partial charge in [0.25, 0.3) is 5.91 Å². The number of esters is 1. The molecule has 0 aliphatic carbocycles. The third-order valence-electron chi connectivity index (χ3n) is 3.76. The summed E-state index contributed by atoms with van der Waals surface area (Å²) in [4.78, 5) is 34.4. The number of nitrogens with zero attached hydrogens (tertiary/aromatic N) is 3. The van der Waals surface area contributed by atoms with Gasteiger partial charge in [0.05, 0.1) is 23.4 Å². The molecule has 0 atom stereocenters. The highest BCUT2D eigenvalue weighted by molar-refractivity contribution is 6.33. The minimum atomic E-state index is -0.471. The van der Waals surface area contributed by atoms with Crippen LogP contribution in [0.1, 0.15) is 40.5 Å². The molecule has 0 saturated carbocycles. The van der Waals surface area contributed by atoms with Crippen molar-refractivity contribution in [3.8, 4) is 0 Å². The number of methoxy groups -OCH3 is 1. The molecule has 0 radical (unpaired) electrons. The van der Waals surface area contributed by atoms with Crippen molar-refractivity contribution in [3.05, 3.63) is 46.4 Å². The summed E-state index contributed by atoms with van der Waals surface area (Å²) in [5.41, 5.74) is 1.13. The van der Waals surface area contributed by atoms with E-state index in [2.05, 4.69) is 15.3 Å². The van der Waals surface area contributed by atoms with Crippen molar-refractivity contribution in [3.63, 3.8) is 0 Å². The first kappa shape index (κ1) is 19.7. The summed E-state index contributed by atoms with van der Waals surface area (Å²) in [6, 6.07) is 6.29. The molecule has 2 aromatic rings. The molecule has 2 rings (SSSR count). The zero-order valence-corrected chi connectivity index (χ0v) is 15.9. The molecule has 0 saturated heterocycles. The van der Waals surface area contributed by atoms with Crippen LogP contribution in [0.25, 0.3) is 0 Å². The number of hydrogen-bond acceptors (Lipinski definition) is 6. The Kier molecular flexibility index (Phi) is 6.52. The maximum Gasteiger partial charge on any atom is 0.337 e. The molecule has 0 aliphatic rings. The summed E-state index contributed by atoms with van der Waals surface area (Å²) >= 11 is 6.20. The quantitative estimate of drug-likeness (QED) is 0.777. The lowest BCUT2D eigenvalue weighted by Crippen LogP contribution is -2.31. The molecule has 1 N–H and O–H groups in total. The maximum atomic E-state index is 12.5. The molecule has 0 fully saturated rings. The highest BCUT2D eigenvalue weighted by atomic mass is 35.5. The lowest BCUT2D eigenvalue weighted by molar-refractivity contribution is 0.0600. The van der Waals surface area contributed by atoms with Gasteiger partial charge >= 0.3 is 5.97 Å². The van der Waals surface area contributed by atoms with Gasteiger partial charge in [0, 0.05) is 19.2 Å². The van der Waals surface area contributed by atoms with Gasteiger partial charge in [0.1, 0.15) is 17.3 Å². The predicted octanol–water partition coefficient (Wildman–Crippen LogP) is 3.45. The largest absolute Gasteiger partial charge is 0.465 e. The number of aryl methyl sites for hydroxylation is 1. The molecule has 26 heavy (non-hydrogen) atoms. The Morgan fingerprint density at radius 3 is 2.50 bits per heavy atom. The van der Waals surface area contributed by atoms with Crippen molar-refractivity contribution >= 4 is 35.0 Å². The van der Waals surface area contributed by atoms with Crippen molar-refractivity contribution in [2.24, 2.45) is 0 Å². The Bertz CT molecular complexity index is 822. The van der Waals surface area contributed by atoms with Gasteiger partial charge in [-0.25, -0.2) is 14.8 Å². The average Bonchev–Trinajstić information content (AvgIpc) is 2.63. The van der Waals surface area contributed by atoms with E-state index in [1.807, 2.05) is 13.8 Å². The SMILES string of the molecule is CCN(CC)C(=O)c1cc(Nc2cc(C(=O)OC)ccc2Cl)nc(C)n1. The number of anilines is 2. The summed E-state index contributed by atoms with van der Waals surface area (Å²) in [5.74, 6) is 0.224. The molecule has 0 aliphatic heterocycles. The Morgan fingerprint density at radius 1 is 1.19 bits per heavy atom. The first-order valence-electron chi connectivity index (χ1n) is 8.19. The second-order valence-corrected chi connectivity index (χ2v) is 5.88. The van der Waals surface area contributed by atoms with Gasteiger partial charge in [-0.2, -0.15) is 0 Å². The second kappa shape index (κ2) is 8.62. The van der Waals surface area contributed by atoms with Crippen molar-refractivity contribution in [2.45, 2.75) is 20.8 Å². The van der Waals surface area contributed by atoms with Crippen molar-refractivity contribution in [1.82, 2.24) is 14.9 Å². The van der Waals surface area contributed by atoms with E-state index in [1.54, 1.807) is 36.1 Å². The molecule has 1 amide bonds. The molecule has 1 aromatic carbocycles. The number of ether oxygens (including phenoxy) is 1. The van der Waals surface area contributed by atoms with E-state index in [0.29, 0.717) is 46.7 Å². The standard InChI is InChI=1S/C18H21ClN4O3/c1-5-23(6-2)17(24)15-10-16(21-11(3)20-15)22-14-9-12(18(25)26-4)7-8-13(14)19/h7-10H,5-6H2,1-4H3,(H,20,21,22). The van der Waals surface area contributed by atoms with E-state index in [-0.39, 0.29) is 5.91 Å². The fraction of sp³-hybridized carbons (Fsp3) is 0.333. The first-order chi connectivity index (χ1) is 12.4. The normalized spacial score (nSPS) is 10.3. The molecule has 0 unspecified atom stereocenters. The molecule has 8 heteroatoms. The Morgan fingerprint density at radius 2 is 1.88 bits per heavy atom. The van der Waals surface area contributed by atoms with E-state index in [9.17, 15) is 9.59 Å². The van der Waals surface area contributed by atoms with Crippen LogP contribution in [0, 0.1) is 6.92 Å². The van der Waals surface area contributed by atoms with Crippen LogP contribution < -0.4 is 5.32 Å². The maximum absolute atomic E-state index is 12.5. The number of halogens is 1. The van der Waals surface area contributed by atoms with Crippen LogP contribution in [0.2, 0.25) is 5.02 Å². The van der Waals surface area contributed by atoms with Gasteiger partial charge < -0.3 is 15.0 Å². The smallest absolute Gasteiger partial charge is 0.337 e. The third-order valence-corrected chi connectivity index (χ3v) is 4.09. The molecule has 1 heterocycles. The molecule has 7 nitrogen and oxygen atoms in total. The third kappa shape index (κ3) is 4.49. The number of amides is 1. The zero-order valence-electron chi connectivity index (χ0n) is 15.2. The monoisotopic (exact) mass is 376 g/mol. The fourth-order valence-electron chi connectivity index (χ4n) is 2.42. The van der Waals surface area contributed by atoms with Gasteiger partial charge in [-0.05, 0) is 39.0 Å². The number of carbonyl (C=O) groups is 2. The minimum absolute atomic E-state index is 0.169. The predicted molar refractivity (Wildman–Crippen MR) is 100 cm³/mol. The highest BCUT2D eigenvalue weighted by Crippen LogP contribution is 2.26. The topological polar surface area (TPSA) is 84.4 Å². The van der Waals surface area contributed by atoms with Gasteiger partial charge in [0.15, 0.2) is 0 Å². The lowest BCUT2D eigenvalue weighted by Gasteiger charge is -2.18. The molecular weight excluding hydrogens is 356 g/mol. The van der Waals surface area contributed by atoms with Crippen LogP contribution in [-0.4, -0.2) is 46.9 Å². The summed E-state index contributed by atoms with van der Waals surface area (Å²) in [7, 11) is 1.31. The number of hydrogen-bond donors (Lipinski definition) is 1. The van der Waals surface area contributed by atoms with Gasteiger partial charge in [-0.3, -0.25) is 4.79 Å². The summed E-state index contributed by atoms with van der Waals surface area (Å²) in [6.45, 7) is 6.71. The van der Waals surface area contributed by atoms with Crippen molar-refractivity contribution in [1.29, 1.82) is 0 Å². The molecule has 138 valence electrons. The summed E-state index contributed by atoms with van der Waals surface area (Å²) < 4.78 is 4.72. The highest BCUT2D eigenvalue weighted by Gasteiger charge is 2.17. The van der Waals surface area contributed by atoms with E-state index >= 15 is 0 Å². The number of benzene rings is 1. The Labute approximate surface area is 157 Å². The van der Waals surface area contributed by atoms with Gasteiger partial charge in [-0.15, -0.1) is 0 Å². The minimum Gasteiger partial charge on any atom is -0.465 e. The van der Waals surface area contributed by atoms with E-state index < -0.39 is 5.97 Å². The van der Waals surface area contributed by atoms with Crippen LogP contribution in [0.4, 0.5) is 11.5 Å². The molecular formula is C18H21ClN4O3. The molecule has 0 spiro atoms. The van der Waals surface area contributed by atoms with Gasteiger partial charge in [-0.1, -0.05) is 11.6 Å². The van der Waals surface area contributed by atoms with Gasteiger partial charge in [0.2, 0.25) is 0 Å². The van der Waals surface area contributed by atoms with Crippen LogP contribution >= 0.6 is 11.6 Å². The number of aromatic nitrogens is 2. The van der Waals surface area contributed by atoms with E-state index in [0.717, 1.165) is 0 Å². The summed E-state index contributed by atoms with van der Waals surface area (Å²) in [6.07, 6.45) is 0. The van der Waals surface area contributed by atoms with Crippen LogP contribution in [0.15, 0.2) is 24.3 Å². The fourth-order valence-corrected chi connectivity index (χ4v) is 2.58. The number of nitrogens with one attached hydrogen (secondary N) is 1. The first-order valence-corrected chi connectivity index (χ1v) is 8.57. The van der Waals surface area contributed by atoms with Crippen LogP contribution in [0.5, 0.6) is 0 Å². The van der Waals surface area contributed by atoms with Crippen LogP contribution in [-0.2, 0) is 4.74 Å². The molecule has 1 aromatic heterocycles. The van der Waals surface area contributed by atoms with Crippen LogP contribution in [0.3, 0.4) is 0 Å².